The van der Waals surface area contributed by atoms with E-state index in [1.165, 1.54) is 11.7 Å². The Kier molecular flexibility index (Phi) is 15.9. The lowest BCUT2D eigenvalue weighted by atomic mass is 9.95. The highest BCUT2D eigenvalue weighted by Crippen LogP contribution is 2.41. The SMILES string of the molecule is CC(C)OC(=O)c1cc(-c2nn(C)c(C(F)(F)F)c2Br)c(F)cc1Cl.CC1(C)CON(Cc2ccccc2Cl)C1=O.CP(=O)(O)CCC(N)C(=O)O. The molecule has 0 spiro atoms. The second-order valence-electron chi connectivity index (χ2n) is 12.5. The van der Waals surface area contributed by atoms with Crippen molar-refractivity contribution < 1.29 is 56.1 Å². The van der Waals surface area contributed by atoms with Crippen molar-refractivity contribution in [1.82, 2.24) is 14.8 Å². The first-order valence-electron chi connectivity index (χ1n) is 15.2. The van der Waals surface area contributed by atoms with Gasteiger partial charge in [0.25, 0.3) is 5.91 Å². The lowest BCUT2D eigenvalue weighted by molar-refractivity contribution is -0.165. The van der Waals surface area contributed by atoms with Crippen molar-refractivity contribution in [3.05, 3.63) is 73.6 Å². The number of aliphatic carboxylic acids is 1. The van der Waals surface area contributed by atoms with Gasteiger partial charge in [-0.05, 0) is 73.8 Å². The topological polar surface area (TPSA) is 174 Å². The van der Waals surface area contributed by atoms with E-state index in [9.17, 15) is 36.5 Å². The molecule has 1 saturated heterocycles. The van der Waals surface area contributed by atoms with Crippen LogP contribution >= 0.6 is 46.5 Å². The number of carbonyl (C=O) groups excluding carboxylic acids is 2. The Bertz CT molecular complexity index is 1820. The van der Waals surface area contributed by atoms with Crippen molar-refractivity contribution in [2.24, 2.45) is 18.2 Å². The predicted octanol–water partition coefficient (Wildman–Crippen LogP) is 7.55. The summed E-state index contributed by atoms with van der Waals surface area (Å²) in [5.41, 5.74) is 3.70. The number of nitrogens with two attached hydrogens (primary N) is 1. The molecule has 0 radical (unpaired) electrons. The quantitative estimate of drug-likeness (QED) is 0.111. The van der Waals surface area contributed by atoms with Crippen molar-refractivity contribution >= 4 is 64.3 Å². The number of hydrogen-bond acceptors (Lipinski definition) is 8. The smallest absolute Gasteiger partial charge is 0.434 e. The van der Waals surface area contributed by atoms with Gasteiger partial charge in [0.15, 0.2) is 13.1 Å². The van der Waals surface area contributed by atoms with Crippen LogP contribution < -0.4 is 5.73 Å². The summed E-state index contributed by atoms with van der Waals surface area (Å²) < 4.78 is 69.3. The number of esters is 1. The van der Waals surface area contributed by atoms with Crippen LogP contribution in [0, 0.1) is 11.2 Å². The maximum Gasteiger partial charge on any atom is 0.434 e. The van der Waals surface area contributed by atoms with Crippen LogP contribution in [-0.4, -0.2) is 74.3 Å². The fourth-order valence-corrected chi connectivity index (χ4v) is 6.20. The summed E-state index contributed by atoms with van der Waals surface area (Å²) in [5, 5.41) is 13.8. The van der Waals surface area contributed by atoms with Crippen LogP contribution in [0.15, 0.2) is 40.9 Å². The van der Waals surface area contributed by atoms with Gasteiger partial charge in [0.05, 0.1) is 39.7 Å². The molecule has 1 fully saturated rings. The van der Waals surface area contributed by atoms with Gasteiger partial charge >= 0.3 is 18.1 Å². The summed E-state index contributed by atoms with van der Waals surface area (Å²) in [4.78, 5) is 48.2. The van der Waals surface area contributed by atoms with E-state index < -0.39 is 59.0 Å². The van der Waals surface area contributed by atoms with Crippen LogP contribution in [-0.2, 0) is 43.5 Å². The van der Waals surface area contributed by atoms with Crippen LogP contribution in [0.2, 0.25) is 10.0 Å². The van der Waals surface area contributed by atoms with Crippen molar-refractivity contribution in [2.45, 2.75) is 59.0 Å². The first-order valence-corrected chi connectivity index (χ1v) is 19.1. The van der Waals surface area contributed by atoms with E-state index in [1.807, 2.05) is 38.1 Å². The van der Waals surface area contributed by atoms with Gasteiger partial charge in [-0.2, -0.15) is 18.3 Å². The molecule has 0 saturated carbocycles. The third-order valence-electron chi connectivity index (χ3n) is 6.96. The molecule has 20 heteroatoms. The first-order chi connectivity index (χ1) is 23.8. The zero-order valence-corrected chi connectivity index (χ0v) is 32.8. The molecule has 4 rings (SSSR count). The standard InChI is InChI=1S/C15H12BrClF4N2O2.C12H14ClNO2.C5H12NO4P/c1-6(2)25-14(24)7-4-8(10(18)5-9(7)17)12-11(16)13(15(19,20)21)23(3)22-12;1-12(2)8-16-14(11(12)15)7-9-5-3-4-6-10(9)13;1-11(9,10)3-2-4(6)5(7)8/h4-6H,1-3H3;3-6H,7-8H2,1-2H3;4H,2-3,6H2,1H3,(H,7,8)(H,9,10). The Morgan fingerprint density at radius 3 is 2.25 bits per heavy atom. The number of amides is 1. The molecule has 2 heterocycles. The van der Waals surface area contributed by atoms with Crippen LogP contribution in [0.25, 0.3) is 11.3 Å². The minimum Gasteiger partial charge on any atom is -0.480 e. The van der Waals surface area contributed by atoms with Gasteiger partial charge in [-0.3, -0.25) is 23.7 Å². The highest BCUT2D eigenvalue weighted by atomic mass is 79.9. The third-order valence-corrected chi connectivity index (χ3v) is 9.48. The molecule has 3 aromatic rings. The van der Waals surface area contributed by atoms with E-state index >= 15 is 0 Å². The van der Waals surface area contributed by atoms with Crippen molar-refractivity contribution in [3.8, 4) is 11.3 Å². The number of carboxylic acids is 1. The Hall–Kier alpha value is -3.05. The molecule has 1 aliphatic rings. The van der Waals surface area contributed by atoms with Gasteiger partial charge in [0.2, 0.25) is 0 Å². The van der Waals surface area contributed by atoms with Crippen molar-refractivity contribution in [1.29, 1.82) is 0 Å². The van der Waals surface area contributed by atoms with E-state index in [-0.39, 0.29) is 40.3 Å². The number of benzene rings is 2. The summed E-state index contributed by atoms with van der Waals surface area (Å²) in [6.07, 6.45) is -5.14. The average molecular weight is 864 g/mol. The number of aryl methyl sites for hydroxylation is 1. The van der Waals surface area contributed by atoms with E-state index in [0.29, 0.717) is 22.9 Å². The Labute approximate surface area is 315 Å². The summed E-state index contributed by atoms with van der Waals surface area (Å²) in [6.45, 7) is 8.99. The number of aromatic nitrogens is 2. The Balaban J connectivity index is 0.000000297. The average Bonchev–Trinajstić information content (AvgIpc) is 3.45. The van der Waals surface area contributed by atoms with Gasteiger partial charge in [0, 0.05) is 30.5 Å². The largest absolute Gasteiger partial charge is 0.480 e. The Morgan fingerprint density at radius 2 is 1.79 bits per heavy atom. The number of rotatable bonds is 9. The monoisotopic (exact) mass is 862 g/mol. The van der Waals surface area contributed by atoms with E-state index in [1.54, 1.807) is 13.8 Å². The van der Waals surface area contributed by atoms with Gasteiger partial charge in [-0.25, -0.2) is 14.2 Å². The number of nitrogens with zero attached hydrogens (tertiary/aromatic N) is 3. The number of hydrogen-bond donors (Lipinski definition) is 3. The highest BCUT2D eigenvalue weighted by Gasteiger charge is 2.41. The summed E-state index contributed by atoms with van der Waals surface area (Å²) in [7, 11) is -2.02. The maximum atomic E-state index is 14.3. The number of carbonyl (C=O) groups is 3. The van der Waals surface area contributed by atoms with Crippen molar-refractivity contribution in [2.75, 3.05) is 19.4 Å². The third kappa shape index (κ3) is 12.8. The summed E-state index contributed by atoms with van der Waals surface area (Å²) >= 11 is 14.7. The summed E-state index contributed by atoms with van der Waals surface area (Å²) in [5.74, 6) is -2.87. The van der Waals surface area contributed by atoms with E-state index in [2.05, 4.69) is 21.0 Å². The number of carboxylic acid groups (broad SMARTS) is 1. The summed E-state index contributed by atoms with van der Waals surface area (Å²) in [6, 6.07) is 8.29. The molecule has 1 aliphatic heterocycles. The highest BCUT2D eigenvalue weighted by molar-refractivity contribution is 9.10. The molecule has 12 nitrogen and oxygen atoms in total. The molecule has 2 atom stereocenters. The normalized spacial score (nSPS) is 15.6. The van der Waals surface area contributed by atoms with Crippen LogP contribution in [0.3, 0.4) is 0 Å². The first kappa shape index (κ1) is 45.1. The maximum absolute atomic E-state index is 14.3. The molecule has 2 aromatic carbocycles. The molecule has 1 amide bonds. The van der Waals surface area contributed by atoms with Crippen LogP contribution in [0.1, 0.15) is 55.7 Å². The van der Waals surface area contributed by atoms with Crippen LogP contribution in [0.4, 0.5) is 17.6 Å². The zero-order valence-electron chi connectivity index (χ0n) is 28.8. The van der Waals surface area contributed by atoms with Gasteiger partial charge in [-0.15, -0.1) is 0 Å². The number of ether oxygens (including phenoxy) is 1. The second kappa shape index (κ2) is 18.3. The van der Waals surface area contributed by atoms with E-state index in [4.69, 9.17) is 48.5 Å². The molecule has 4 N–H and O–H groups in total. The number of halogens is 7. The fraction of sp³-hybridized carbons (Fsp3) is 0.438. The molecule has 288 valence electrons. The number of hydroxylamine groups is 2. The predicted molar refractivity (Wildman–Crippen MR) is 189 cm³/mol. The van der Waals surface area contributed by atoms with Crippen LogP contribution in [0.5, 0.6) is 0 Å². The second-order valence-corrected chi connectivity index (χ2v) is 16.7. The van der Waals surface area contributed by atoms with Gasteiger partial charge < -0.3 is 20.5 Å². The minimum atomic E-state index is -4.69. The molecular formula is C32H38BrCl2F4N4O8P. The van der Waals surface area contributed by atoms with Gasteiger partial charge in [-0.1, -0.05) is 41.4 Å². The molecule has 0 aliphatic carbocycles. The molecule has 0 bridgehead atoms. The molecular weight excluding hydrogens is 826 g/mol. The van der Waals surface area contributed by atoms with Gasteiger partial charge in [0.1, 0.15) is 17.6 Å². The molecule has 1 aromatic heterocycles. The molecule has 2 unspecified atom stereocenters. The van der Waals surface area contributed by atoms with E-state index in [0.717, 1.165) is 24.7 Å². The minimum absolute atomic E-state index is 0.00687. The van der Waals surface area contributed by atoms with Crippen molar-refractivity contribution in [3.63, 3.8) is 0 Å². The lowest BCUT2D eigenvalue weighted by Gasteiger charge is -2.16. The Morgan fingerprint density at radius 1 is 1.19 bits per heavy atom. The fourth-order valence-electron chi connectivity index (χ4n) is 4.24. The number of alkyl halides is 3. The lowest BCUT2D eigenvalue weighted by Crippen LogP contribution is -2.30. The molecule has 52 heavy (non-hydrogen) atoms. The zero-order chi connectivity index (χ0) is 39.9.